The molecular weight excluding hydrogens is 345 g/mol. The fourth-order valence-corrected chi connectivity index (χ4v) is 2.97. The van der Waals surface area contributed by atoms with E-state index in [1.165, 1.54) is 6.33 Å². The SMILES string of the molecule is O=c1[nH]cnc2c1c(-c1ccc(Cl)cc1)cn2-c1ccc(Cl)cc1. The molecule has 2 aromatic heterocycles. The van der Waals surface area contributed by atoms with Gasteiger partial charge in [0.15, 0.2) is 5.65 Å². The number of aromatic nitrogens is 3. The highest BCUT2D eigenvalue weighted by molar-refractivity contribution is 6.30. The van der Waals surface area contributed by atoms with Crippen LogP contribution in [0.4, 0.5) is 0 Å². The fourth-order valence-electron chi connectivity index (χ4n) is 2.72. The van der Waals surface area contributed by atoms with Gasteiger partial charge in [0.05, 0.1) is 11.7 Å². The van der Waals surface area contributed by atoms with Gasteiger partial charge in [-0.15, -0.1) is 0 Å². The second-order valence-electron chi connectivity index (χ2n) is 5.33. The summed E-state index contributed by atoms with van der Waals surface area (Å²) in [6.45, 7) is 0. The Labute approximate surface area is 147 Å². The molecule has 4 aromatic rings. The molecule has 0 saturated carbocycles. The highest BCUT2D eigenvalue weighted by Crippen LogP contribution is 2.30. The van der Waals surface area contributed by atoms with E-state index >= 15 is 0 Å². The molecule has 0 bridgehead atoms. The summed E-state index contributed by atoms with van der Waals surface area (Å²) in [5, 5.41) is 1.83. The Kier molecular flexibility index (Phi) is 3.63. The van der Waals surface area contributed by atoms with E-state index in [0.29, 0.717) is 21.1 Å². The van der Waals surface area contributed by atoms with Gasteiger partial charge in [0, 0.05) is 27.5 Å². The van der Waals surface area contributed by atoms with Crippen LogP contribution in [0.1, 0.15) is 0 Å². The van der Waals surface area contributed by atoms with Crippen LogP contribution in [0.3, 0.4) is 0 Å². The van der Waals surface area contributed by atoms with Crippen molar-refractivity contribution in [2.45, 2.75) is 0 Å². The zero-order valence-electron chi connectivity index (χ0n) is 12.3. The van der Waals surface area contributed by atoms with Crippen LogP contribution in [0.5, 0.6) is 0 Å². The van der Waals surface area contributed by atoms with Crippen molar-refractivity contribution in [1.82, 2.24) is 14.5 Å². The zero-order valence-corrected chi connectivity index (χ0v) is 13.8. The number of aromatic amines is 1. The van der Waals surface area contributed by atoms with E-state index < -0.39 is 0 Å². The smallest absolute Gasteiger partial charge is 0.260 e. The molecule has 6 heteroatoms. The van der Waals surface area contributed by atoms with Crippen molar-refractivity contribution in [3.63, 3.8) is 0 Å². The highest BCUT2D eigenvalue weighted by Gasteiger charge is 2.15. The van der Waals surface area contributed by atoms with E-state index in [4.69, 9.17) is 23.2 Å². The van der Waals surface area contributed by atoms with E-state index in [1.807, 2.05) is 35.0 Å². The number of nitrogens with zero attached hydrogens (tertiary/aromatic N) is 2. The topological polar surface area (TPSA) is 50.7 Å². The normalized spacial score (nSPS) is 11.1. The second-order valence-corrected chi connectivity index (χ2v) is 6.20. The molecule has 4 rings (SSSR count). The van der Waals surface area contributed by atoms with Gasteiger partial charge in [-0.25, -0.2) is 4.98 Å². The molecule has 0 spiro atoms. The summed E-state index contributed by atoms with van der Waals surface area (Å²) in [7, 11) is 0. The van der Waals surface area contributed by atoms with Gasteiger partial charge in [-0.1, -0.05) is 35.3 Å². The summed E-state index contributed by atoms with van der Waals surface area (Å²) in [4.78, 5) is 19.4. The van der Waals surface area contributed by atoms with Crippen LogP contribution in [-0.2, 0) is 0 Å². The minimum absolute atomic E-state index is 0.183. The molecule has 0 unspecified atom stereocenters. The minimum atomic E-state index is -0.183. The van der Waals surface area contributed by atoms with Gasteiger partial charge in [-0.05, 0) is 42.0 Å². The summed E-state index contributed by atoms with van der Waals surface area (Å²) in [6, 6.07) is 14.7. The Morgan fingerprint density at radius 1 is 0.917 bits per heavy atom. The third-order valence-corrected chi connectivity index (χ3v) is 4.35. The third kappa shape index (κ3) is 2.50. The van der Waals surface area contributed by atoms with Gasteiger partial charge in [0.25, 0.3) is 5.56 Å². The van der Waals surface area contributed by atoms with Crippen LogP contribution in [0.2, 0.25) is 10.0 Å². The summed E-state index contributed by atoms with van der Waals surface area (Å²) in [5.74, 6) is 0. The molecule has 4 nitrogen and oxygen atoms in total. The van der Waals surface area contributed by atoms with E-state index in [2.05, 4.69) is 9.97 Å². The number of fused-ring (bicyclic) bond motifs is 1. The third-order valence-electron chi connectivity index (χ3n) is 3.85. The van der Waals surface area contributed by atoms with E-state index in [-0.39, 0.29) is 5.56 Å². The maximum Gasteiger partial charge on any atom is 0.260 e. The van der Waals surface area contributed by atoms with Crippen molar-refractivity contribution >= 4 is 34.2 Å². The van der Waals surface area contributed by atoms with E-state index in [0.717, 1.165) is 16.8 Å². The Morgan fingerprint density at radius 3 is 2.21 bits per heavy atom. The lowest BCUT2D eigenvalue weighted by molar-refractivity contribution is 1.07. The molecule has 0 atom stereocenters. The zero-order chi connectivity index (χ0) is 16.7. The average molecular weight is 356 g/mol. The van der Waals surface area contributed by atoms with Gasteiger partial charge >= 0.3 is 0 Å². The average Bonchev–Trinajstić information content (AvgIpc) is 2.97. The van der Waals surface area contributed by atoms with Gasteiger partial charge < -0.3 is 9.55 Å². The first-order valence-electron chi connectivity index (χ1n) is 7.24. The first-order chi connectivity index (χ1) is 11.6. The first-order valence-corrected chi connectivity index (χ1v) is 8.00. The molecule has 1 N–H and O–H groups in total. The summed E-state index contributed by atoms with van der Waals surface area (Å²) >= 11 is 11.9. The van der Waals surface area contributed by atoms with Gasteiger partial charge in [0.1, 0.15) is 0 Å². The summed E-state index contributed by atoms with van der Waals surface area (Å²) < 4.78 is 1.88. The monoisotopic (exact) mass is 355 g/mol. The number of halogens is 2. The highest BCUT2D eigenvalue weighted by atomic mass is 35.5. The Bertz CT molecular complexity index is 1080. The summed E-state index contributed by atoms with van der Waals surface area (Å²) in [5.41, 5.74) is 2.98. The number of hydrogen-bond acceptors (Lipinski definition) is 2. The second kappa shape index (κ2) is 5.82. The predicted octanol–water partition coefficient (Wildman–Crippen LogP) is 4.69. The molecule has 24 heavy (non-hydrogen) atoms. The lowest BCUT2D eigenvalue weighted by Gasteiger charge is -2.04. The van der Waals surface area contributed by atoms with Crippen LogP contribution in [0.25, 0.3) is 27.8 Å². The van der Waals surface area contributed by atoms with Crippen LogP contribution < -0.4 is 5.56 Å². The molecular formula is C18H11Cl2N3O. The molecule has 0 aliphatic rings. The lowest BCUT2D eigenvalue weighted by Crippen LogP contribution is -2.07. The number of hydrogen-bond donors (Lipinski definition) is 1. The van der Waals surface area contributed by atoms with Crippen molar-refractivity contribution in [2.75, 3.05) is 0 Å². The maximum absolute atomic E-state index is 12.4. The molecule has 0 radical (unpaired) electrons. The van der Waals surface area contributed by atoms with Crippen LogP contribution in [0, 0.1) is 0 Å². The van der Waals surface area contributed by atoms with Gasteiger partial charge in [-0.2, -0.15) is 0 Å². The predicted molar refractivity (Wildman–Crippen MR) is 97.1 cm³/mol. The standard InChI is InChI=1S/C18H11Cl2N3O/c19-12-3-1-11(2-4-12)15-9-23(14-7-5-13(20)6-8-14)17-16(15)18(24)22-10-21-17/h1-10H,(H,21,22,24). The Morgan fingerprint density at radius 2 is 1.54 bits per heavy atom. The first kappa shape index (κ1) is 15.0. The molecule has 0 amide bonds. The van der Waals surface area contributed by atoms with Crippen molar-refractivity contribution in [3.05, 3.63) is 81.5 Å². The number of rotatable bonds is 2. The van der Waals surface area contributed by atoms with E-state index in [9.17, 15) is 4.79 Å². The van der Waals surface area contributed by atoms with Crippen LogP contribution in [-0.4, -0.2) is 14.5 Å². The van der Waals surface area contributed by atoms with Crippen molar-refractivity contribution < 1.29 is 0 Å². The molecule has 118 valence electrons. The molecule has 0 saturated heterocycles. The van der Waals surface area contributed by atoms with Crippen molar-refractivity contribution in [3.8, 4) is 16.8 Å². The number of nitrogens with one attached hydrogen (secondary N) is 1. The molecule has 0 aliphatic carbocycles. The minimum Gasteiger partial charge on any atom is -0.312 e. The lowest BCUT2D eigenvalue weighted by atomic mass is 10.1. The van der Waals surface area contributed by atoms with Crippen LogP contribution in [0.15, 0.2) is 65.8 Å². The number of H-pyrrole nitrogens is 1. The van der Waals surface area contributed by atoms with E-state index in [1.54, 1.807) is 24.3 Å². The molecule has 2 heterocycles. The number of benzene rings is 2. The quantitative estimate of drug-likeness (QED) is 0.567. The fraction of sp³-hybridized carbons (Fsp3) is 0. The van der Waals surface area contributed by atoms with Gasteiger partial charge in [0.2, 0.25) is 0 Å². The molecule has 2 aromatic carbocycles. The van der Waals surface area contributed by atoms with Crippen molar-refractivity contribution in [1.29, 1.82) is 0 Å². The van der Waals surface area contributed by atoms with Crippen LogP contribution >= 0.6 is 23.2 Å². The summed E-state index contributed by atoms with van der Waals surface area (Å²) in [6.07, 6.45) is 3.31. The molecule has 0 aliphatic heterocycles. The largest absolute Gasteiger partial charge is 0.312 e. The van der Waals surface area contributed by atoms with Gasteiger partial charge in [-0.3, -0.25) is 4.79 Å². The van der Waals surface area contributed by atoms with Crippen molar-refractivity contribution in [2.24, 2.45) is 0 Å². The molecule has 0 fully saturated rings. The Balaban J connectivity index is 2.03. The maximum atomic E-state index is 12.4. The Hall–Kier alpha value is -2.56.